The van der Waals surface area contributed by atoms with E-state index in [0.29, 0.717) is 13.1 Å². The summed E-state index contributed by atoms with van der Waals surface area (Å²) in [5.41, 5.74) is 0. The van der Waals surface area contributed by atoms with Crippen LogP contribution < -0.4 is 5.32 Å². The van der Waals surface area contributed by atoms with Gasteiger partial charge in [-0.25, -0.2) is 8.42 Å². The predicted octanol–water partition coefficient (Wildman–Crippen LogP) is -0.356. The van der Waals surface area contributed by atoms with Gasteiger partial charge in [-0.1, -0.05) is 5.92 Å². The van der Waals surface area contributed by atoms with Crippen molar-refractivity contribution in [1.82, 2.24) is 5.32 Å². The molecule has 0 aromatic carbocycles. The van der Waals surface area contributed by atoms with Gasteiger partial charge in [0, 0.05) is 12.8 Å². The van der Waals surface area contributed by atoms with Crippen LogP contribution >= 0.6 is 0 Å². The summed E-state index contributed by atoms with van der Waals surface area (Å²) < 4.78 is 21.2. The van der Waals surface area contributed by atoms with Crippen LogP contribution in [-0.4, -0.2) is 33.5 Å². The third kappa shape index (κ3) is 9.47. The largest absolute Gasteiger partial charge is 0.305 e. The van der Waals surface area contributed by atoms with Gasteiger partial charge in [-0.05, 0) is 6.92 Å². The molecule has 0 bridgehead atoms. The molecule has 0 aromatic rings. The summed E-state index contributed by atoms with van der Waals surface area (Å²) in [6, 6.07) is 0. The lowest BCUT2D eigenvalue weighted by Crippen LogP contribution is -2.22. The van der Waals surface area contributed by atoms with Crippen LogP contribution in [0, 0.1) is 11.8 Å². The van der Waals surface area contributed by atoms with Crippen LogP contribution in [0.1, 0.15) is 6.92 Å². The Hall–Kier alpha value is -0.530. The molecule has 0 unspecified atom stereocenters. The molecule has 1 N–H and O–H groups in total. The highest BCUT2D eigenvalue weighted by Crippen LogP contribution is 1.78. The first-order chi connectivity index (χ1) is 5.06. The molecule has 4 heteroatoms. The van der Waals surface area contributed by atoms with Crippen molar-refractivity contribution in [1.29, 1.82) is 0 Å². The normalized spacial score (nSPS) is 10.4. The molecule has 0 rings (SSSR count). The van der Waals surface area contributed by atoms with Crippen LogP contribution in [0.25, 0.3) is 0 Å². The zero-order valence-electron chi connectivity index (χ0n) is 6.85. The summed E-state index contributed by atoms with van der Waals surface area (Å²) in [6.07, 6.45) is 1.22. The second-order valence-electron chi connectivity index (χ2n) is 2.23. The van der Waals surface area contributed by atoms with Crippen molar-refractivity contribution in [2.75, 3.05) is 25.1 Å². The maximum atomic E-state index is 10.6. The van der Waals surface area contributed by atoms with E-state index in [2.05, 4.69) is 17.2 Å². The van der Waals surface area contributed by atoms with E-state index in [1.54, 1.807) is 6.92 Å². The van der Waals surface area contributed by atoms with Gasteiger partial charge in [0.05, 0.1) is 12.3 Å². The van der Waals surface area contributed by atoms with Gasteiger partial charge < -0.3 is 5.32 Å². The molecule has 64 valence electrons. The first-order valence-electron chi connectivity index (χ1n) is 3.34. The molecule has 0 radical (unpaired) electrons. The Bertz CT molecular complexity index is 245. The van der Waals surface area contributed by atoms with Crippen molar-refractivity contribution in [2.24, 2.45) is 0 Å². The zero-order valence-corrected chi connectivity index (χ0v) is 7.66. The van der Waals surface area contributed by atoms with Gasteiger partial charge in [0.2, 0.25) is 0 Å². The Morgan fingerprint density at radius 3 is 2.55 bits per heavy atom. The summed E-state index contributed by atoms with van der Waals surface area (Å²) in [6.45, 7) is 2.79. The number of hydrogen-bond donors (Lipinski definition) is 1. The smallest absolute Gasteiger partial charge is 0.148 e. The molecule has 0 aliphatic carbocycles. The summed E-state index contributed by atoms with van der Waals surface area (Å²) >= 11 is 0. The predicted molar refractivity (Wildman–Crippen MR) is 46.0 cm³/mol. The third-order valence-electron chi connectivity index (χ3n) is 1.04. The van der Waals surface area contributed by atoms with Crippen molar-refractivity contribution in [3.63, 3.8) is 0 Å². The standard InChI is InChI=1S/C7H13NO2S/c1-3-4-5-8-6-7-11(2,9)10/h8H,5-7H2,1-2H3. The molecule has 0 aromatic heterocycles. The van der Waals surface area contributed by atoms with Gasteiger partial charge in [-0.15, -0.1) is 5.92 Å². The van der Waals surface area contributed by atoms with Gasteiger partial charge in [0.15, 0.2) is 0 Å². The van der Waals surface area contributed by atoms with Crippen molar-refractivity contribution in [3.8, 4) is 11.8 Å². The summed E-state index contributed by atoms with van der Waals surface area (Å²) in [4.78, 5) is 0. The van der Waals surface area contributed by atoms with E-state index in [-0.39, 0.29) is 5.75 Å². The summed E-state index contributed by atoms with van der Waals surface area (Å²) in [5, 5.41) is 2.89. The molecule has 0 fully saturated rings. The molecular weight excluding hydrogens is 162 g/mol. The van der Waals surface area contributed by atoms with Gasteiger partial charge in [-0.2, -0.15) is 0 Å². The molecule has 0 saturated carbocycles. The SMILES string of the molecule is CC#CCNCCS(C)(=O)=O. The van der Waals surface area contributed by atoms with E-state index in [9.17, 15) is 8.42 Å². The van der Waals surface area contributed by atoms with Crippen molar-refractivity contribution in [2.45, 2.75) is 6.92 Å². The molecule has 0 atom stereocenters. The maximum absolute atomic E-state index is 10.6. The van der Waals surface area contributed by atoms with E-state index in [1.807, 2.05) is 0 Å². The molecule has 0 aliphatic heterocycles. The minimum Gasteiger partial charge on any atom is -0.305 e. The van der Waals surface area contributed by atoms with Crippen LogP contribution in [0.2, 0.25) is 0 Å². The van der Waals surface area contributed by atoms with Gasteiger partial charge in [0.25, 0.3) is 0 Å². The lowest BCUT2D eigenvalue weighted by atomic mass is 10.6. The molecule has 0 spiro atoms. The topological polar surface area (TPSA) is 46.2 Å². The zero-order chi connectivity index (χ0) is 8.74. The Labute approximate surface area is 68.1 Å². The molecule has 0 aliphatic rings. The van der Waals surface area contributed by atoms with E-state index in [1.165, 1.54) is 6.26 Å². The van der Waals surface area contributed by atoms with Crippen LogP contribution in [-0.2, 0) is 9.84 Å². The van der Waals surface area contributed by atoms with Crippen LogP contribution in [0.15, 0.2) is 0 Å². The maximum Gasteiger partial charge on any atom is 0.148 e. The average molecular weight is 175 g/mol. The number of sulfone groups is 1. The first-order valence-corrected chi connectivity index (χ1v) is 5.40. The van der Waals surface area contributed by atoms with Crippen molar-refractivity contribution < 1.29 is 8.42 Å². The van der Waals surface area contributed by atoms with Crippen LogP contribution in [0.3, 0.4) is 0 Å². The van der Waals surface area contributed by atoms with E-state index in [4.69, 9.17) is 0 Å². The van der Waals surface area contributed by atoms with E-state index in [0.717, 1.165) is 0 Å². The lowest BCUT2D eigenvalue weighted by Gasteiger charge is -1.97. The highest BCUT2D eigenvalue weighted by molar-refractivity contribution is 7.90. The quantitative estimate of drug-likeness (QED) is 0.469. The fourth-order valence-corrected chi connectivity index (χ4v) is 1.01. The molecule has 0 heterocycles. The second-order valence-corrected chi connectivity index (χ2v) is 4.49. The minimum atomic E-state index is -2.82. The van der Waals surface area contributed by atoms with Gasteiger partial charge in [-0.3, -0.25) is 0 Å². The number of hydrogen-bond acceptors (Lipinski definition) is 3. The molecular formula is C7H13NO2S. The van der Waals surface area contributed by atoms with Crippen LogP contribution in [0.4, 0.5) is 0 Å². The molecule has 3 nitrogen and oxygen atoms in total. The lowest BCUT2D eigenvalue weighted by molar-refractivity contribution is 0.598. The Morgan fingerprint density at radius 2 is 2.09 bits per heavy atom. The fourth-order valence-electron chi connectivity index (χ4n) is 0.497. The van der Waals surface area contributed by atoms with Crippen LogP contribution in [0.5, 0.6) is 0 Å². The average Bonchev–Trinajstić information content (AvgIpc) is 1.85. The molecule has 11 heavy (non-hydrogen) atoms. The third-order valence-corrected chi connectivity index (χ3v) is 1.99. The summed E-state index contributed by atoms with van der Waals surface area (Å²) in [7, 11) is -2.82. The Balaban J connectivity index is 3.34. The van der Waals surface area contributed by atoms with Crippen molar-refractivity contribution in [3.05, 3.63) is 0 Å². The highest BCUT2D eigenvalue weighted by Gasteiger charge is 1.98. The number of rotatable bonds is 4. The van der Waals surface area contributed by atoms with Crippen molar-refractivity contribution >= 4 is 9.84 Å². The van der Waals surface area contributed by atoms with E-state index < -0.39 is 9.84 Å². The minimum absolute atomic E-state index is 0.179. The highest BCUT2D eigenvalue weighted by atomic mass is 32.2. The van der Waals surface area contributed by atoms with Gasteiger partial charge in [0.1, 0.15) is 9.84 Å². The second kappa shape index (κ2) is 5.16. The fraction of sp³-hybridized carbons (Fsp3) is 0.714. The summed E-state index contributed by atoms with van der Waals surface area (Å²) in [5.74, 6) is 5.66. The van der Waals surface area contributed by atoms with Gasteiger partial charge >= 0.3 is 0 Å². The molecule has 0 amide bonds. The monoisotopic (exact) mass is 175 g/mol. The Morgan fingerprint density at radius 1 is 1.45 bits per heavy atom. The Kier molecular flexibility index (Phi) is 4.92. The number of nitrogens with one attached hydrogen (secondary N) is 1. The van der Waals surface area contributed by atoms with E-state index >= 15 is 0 Å². The first kappa shape index (κ1) is 10.5. The molecule has 0 saturated heterocycles.